The molecule has 0 spiro atoms. The lowest BCUT2D eigenvalue weighted by Crippen LogP contribution is -2.60. The lowest BCUT2D eigenvalue weighted by Gasteiger charge is -2.41. The molecule has 0 saturated carbocycles. The first-order valence-corrected chi connectivity index (χ1v) is 24.1. The number of hydrogen-bond acceptors (Lipinski definition) is 10. The van der Waals surface area contributed by atoms with Gasteiger partial charge in [0.1, 0.15) is 24.4 Å². The van der Waals surface area contributed by atoms with Crippen LogP contribution >= 0.6 is 11.8 Å². The zero-order chi connectivity index (χ0) is 41.2. The molecule has 1 fully saturated rings. The monoisotopic (exact) mass is 819 g/mol. The Morgan fingerprint density at radius 2 is 1.07 bits per heavy atom. The topological polar surface area (TPSA) is 192 Å². The van der Waals surface area contributed by atoms with E-state index in [0.29, 0.717) is 12.8 Å². The number of aliphatic hydroxyl groups is 5. The number of ether oxygens (including phenoxy) is 2. The summed E-state index contributed by atoms with van der Waals surface area (Å²) in [6.45, 7) is 4.19. The number of carbonyl (C=O) groups is 2. The van der Waals surface area contributed by atoms with Crippen LogP contribution in [0.3, 0.4) is 0 Å². The van der Waals surface area contributed by atoms with Gasteiger partial charge in [0.25, 0.3) is 0 Å². The van der Waals surface area contributed by atoms with Crippen LogP contribution in [0.1, 0.15) is 200 Å². The molecule has 0 radical (unpaired) electrons. The number of thioether (sulfide) groups is 1. The normalized spacial score (nSPS) is 21.5. The molecule has 0 bridgehead atoms. The van der Waals surface area contributed by atoms with Crippen LogP contribution in [0.2, 0.25) is 0 Å². The Balaban J connectivity index is 2.54. The number of hydrogen-bond donors (Lipinski definition) is 7. The molecule has 0 aromatic heterocycles. The summed E-state index contributed by atoms with van der Waals surface area (Å²) in [4.78, 5) is 24.2. The lowest BCUT2D eigenvalue weighted by molar-refractivity contribution is -0.294. The molecule has 8 N–H and O–H groups in total. The quantitative estimate of drug-likeness (QED) is 0.0304. The van der Waals surface area contributed by atoms with Gasteiger partial charge >= 0.3 is 0 Å². The van der Waals surface area contributed by atoms with Crippen molar-refractivity contribution in [3.05, 3.63) is 0 Å². The molecule has 0 aromatic carbocycles. The van der Waals surface area contributed by atoms with Gasteiger partial charge in [-0.05, 0) is 12.8 Å². The van der Waals surface area contributed by atoms with E-state index in [1.54, 1.807) is 0 Å². The molecule has 12 heteroatoms. The summed E-state index contributed by atoms with van der Waals surface area (Å²) >= 11 is 1.12. The summed E-state index contributed by atoms with van der Waals surface area (Å²) in [5, 5.41) is 56.6. The van der Waals surface area contributed by atoms with Gasteiger partial charge in [-0.2, -0.15) is 0 Å². The largest absolute Gasteiger partial charge is 0.390 e. The van der Waals surface area contributed by atoms with E-state index < -0.39 is 54.9 Å². The Bertz CT molecular complexity index is 935. The van der Waals surface area contributed by atoms with Gasteiger partial charge in [0, 0.05) is 12.2 Å². The Kier molecular flexibility index (Phi) is 34.0. The predicted octanol–water partition coefficient (Wildman–Crippen LogP) is 7.59. The summed E-state index contributed by atoms with van der Waals surface area (Å²) in [5.41, 5.74) is 5.21. The molecular weight excluding hydrogens is 733 g/mol. The fourth-order valence-corrected chi connectivity index (χ4v) is 8.29. The molecule has 1 heterocycles. The third-order valence-corrected chi connectivity index (χ3v) is 12.2. The SMILES string of the molecule is CCCCCCCCCCCCCCCCCC(=O)N[C@@H](CO[C@H]1OC(CSCC(N)=O)[C@H](O)[C@H](O)C1O)[C@H](O)[C@H](O)CCCCCCCCCCCCCC. The first kappa shape index (κ1) is 53.0. The van der Waals surface area contributed by atoms with Crippen molar-refractivity contribution in [3.63, 3.8) is 0 Å². The number of nitrogens with one attached hydrogen (secondary N) is 1. The number of aliphatic hydroxyl groups excluding tert-OH is 5. The molecule has 2 amide bonds. The zero-order valence-corrected chi connectivity index (χ0v) is 36.4. The van der Waals surface area contributed by atoms with E-state index >= 15 is 0 Å². The van der Waals surface area contributed by atoms with Gasteiger partial charge < -0.3 is 46.1 Å². The molecule has 0 aliphatic carbocycles. The average molecular weight is 819 g/mol. The average Bonchev–Trinajstić information content (AvgIpc) is 3.18. The van der Waals surface area contributed by atoms with Crippen LogP contribution in [0.15, 0.2) is 0 Å². The van der Waals surface area contributed by atoms with E-state index in [4.69, 9.17) is 15.2 Å². The number of nitrogens with two attached hydrogens (primary N) is 1. The smallest absolute Gasteiger partial charge is 0.227 e. The molecular formula is C44H86N2O9S. The zero-order valence-electron chi connectivity index (χ0n) is 35.6. The number of unbranched alkanes of at least 4 members (excludes halogenated alkanes) is 25. The lowest BCUT2D eigenvalue weighted by atomic mass is 9.98. The Labute approximate surface area is 345 Å². The van der Waals surface area contributed by atoms with Gasteiger partial charge in [-0.25, -0.2) is 0 Å². The second-order valence-electron chi connectivity index (χ2n) is 16.4. The molecule has 332 valence electrons. The highest BCUT2D eigenvalue weighted by Gasteiger charge is 2.44. The molecule has 1 rings (SSSR count). The maximum atomic E-state index is 13.1. The standard InChI is InChI=1S/C44H86N2O9S/c1-3-5-7-9-11-13-15-17-18-19-21-23-25-27-29-31-39(49)46-35(32-54-44-43(53)42(52)41(51)37(55-44)33-56-34-38(45)48)40(50)36(47)30-28-26-24-22-20-16-14-12-10-8-6-4-2/h35-37,40-44,47,50-53H,3-34H2,1-2H3,(H2,45,48)(H,46,49)/t35-,36+,37?,40-,41-,42-,43?,44-/m0/s1. The number of amides is 2. The van der Waals surface area contributed by atoms with Gasteiger partial charge in [0.2, 0.25) is 11.8 Å². The van der Waals surface area contributed by atoms with Crippen LogP contribution in [-0.4, -0.2) is 104 Å². The second-order valence-corrected chi connectivity index (χ2v) is 17.5. The first-order valence-electron chi connectivity index (χ1n) is 22.9. The molecule has 1 aliphatic rings. The van der Waals surface area contributed by atoms with E-state index in [-0.39, 0.29) is 30.4 Å². The van der Waals surface area contributed by atoms with Crippen LogP contribution in [0.5, 0.6) is 0 Å². The minimum Gasteiger partial charge on any atom is -0.390 e. The minimum atomic E-state index is -1.60. The number of carbonyl (C=O) groups excluding carboxylic acids is 2. The van der Waals surface area contributed by atoms with Crippen LogP contribution in [-0.2, 0) is 19.1 Å². The van der Waals surface area contributed by atoms with Crippen molar-refractivity contribution in [1.82, 2.24) is 5.32 Å². The summed E-state index contributed by atoms with van der Waals surface area (Å²) in [6, 6.07) is -0.992. The van der Waals surface area contributed by atoms with Crippen molar-refractivity contribution < 1.29 is 44.6 Å². The van der Waals surface area contributed by atoms with Crippen LogP contribution < -0.4 is 11.1 Å². The number of primary amides is 1. The van der Waals surface area contributed by atoms with Gasteiger partial charge in [-0.15, -0.1) is 11.8 Å². The van der Waals surface area contributed by atoms with Gasteiger partial charge in [-0.1, -0.05) is 181 Å². The van der Waals surface area contributed by atoms with E-state index in [0.717, 1.165) is 56.7 Å². The summed E-state index contributed by atoms with van der Waals surface area (Å²) < 4.78 is 11.6. The van der Waals surface area contributed by atoms with Crippen molar-refractivity contribution >= 4 is 23.6 Å². The van der Waals surface area contributed by atoms with E-state index in [9.17, 15) is 35.1 Å². The molecule has 1 saturated heterocycles. The van der Waals surface area contributed by atoms with Crippen molar-refractivity contribution in [3.8, 4) is 0 Å². The minimum absolute atomic E-state index is 0.00646. The third-order valence-electron chi connectivity index (χ3n) is 11.1. The highest BCUT2D eigenvalue weighted by Crippen LogP contribution is 2.25. The highest BCUT2D eigenvalue weighted by atomic mass is 32.2. The number of rotatable bonds is 39. The molecule has 11 nitrogen and oxygen atoms in total. The molecule has 1 aliphatic heterocycles. The Morgan fingerprint density at radius 3 is 1.52 bits per heavy atom. The molecule has 0 aromatic rings. The van der Waals surface area contributed by atoms with E-state index in [1.165, 1.54) is 122 Å². The highest BCUT2D eigenvalue weighted by molar-refractivity contribution is 7.99. The van der Waals surface area contributed by atoms with Crippen LogP contribution in [0, 0.1) is 0 Å². The van der Waals surface area contributed by atoms with Crippen LogP contribution in [0.25, 0.3) is 0 Å². The maximum absolute atomic E-state index is 13.1. The van der Waals surface area contributed by atoms with Crippen molar-refractivity contribution in [2.45, 2.75) is 249 Å². The fourth-order valence-electron chi connectivity index (χ4n) is 7.46. The Morgan fingerprint density at radius 1 is 0.643 bits per heavy atom. The third kappa shape index (κ3) is 26.9. The molecule has 56 heavy (non-hydrogen) atoms. The molecule has 8 atom stereocenters. The Hall–Kier alpha value is -0.990. The summed E-state index contributed by atoms with van der Waals surface area (Å²) in [6.07, 6.45) is 24.1. The van der Waals surface area contributed by atoms with Gasteiger partial charge in [0.15, 0.2) is 6.29 Å². The molecule has 2 unspecified atom stereocenters. The van der Waals surface area contributed by atoms with Crippen molar-refractivity contribution in [2.75, 3.05) is 18.1 Å². The van der Waals surface area contributed by atoms with Gasteiger partial charge in [-0.3, -0.25) is 9.59 Å². The van der Waals surface area contributed by atoms with Crippen molar-refractivity contribution in [1.29, 1.82) is 0 Å². The van der Waals surface area contributed by atoms with E-state index in [2.05, 4.69) is 19.2 Å². The predicted molar refractivity (Wildman–Crippen MR) is 228 cm³/mol. The first-order chi connectivity index (χ1) is 27.1. The summed E-state index contributed by atoms with van der Waals surface area (Å²) in [7, 11) is 0. The summed E-state index contributed by atoms with van der Waals surface area (Å²) in [5.74, 6) is -0.681. The van der Waals surface area contributed by atoms with Crippen LogP contribution in [0.4, 0.5) is 0 Å². The fraction of sp³-hybridized carbons (Fsp3) is 0.955. The van der Waals surface area contributed by atoms with Gasteiger partial charge in [0.05, 0.1) is 30.6 Å². The van der Waals surface area contributed by atoms with Crippen molar-refractivity contribution in [2.24, 2.45) is 5.73 Å². The maximum Gasteiger partial charge on any atom is 0.227 e. The van der Waals surface area contributed by atoms with E-state index in [1.807, 2.05) is 0 Å². The second kappa shape index (κ2) is 35.9.